The Labute approximate surface area is 160 Å². The van der Waals surface area contributed by atoms with Crippen molar-refractivity contribution in [2.75, 3.05) is 38.5 Å². The third-order valence-corrected chi connectivity index (χ3v) is 5.82. The monoisotopic (exact) mass is 383 g/mol. The first kappa shape index (κ1) is 19.0. The molecule has 1 aromatic carbocycles. The standard InChI is InChI=1S/C19H27Cl2N3O/c1-13(19(25)22-18-6-5-16(20)9-17(18)21)24-8-7-15(12-24)11-23(2)10-14-3-4-14/h5-6,9,13-15H,3-4,7-8,10-12H2,1-2H3,(H,22,25)/t13-,15+/m0/s1. The van der Waals surface area contributed by atoms with Crippen LogP contribution in [0.15, 0.2) is 18.2 Å². The van der Waals surface area contributed by atoms with Crippen LogP contribution in [0, 0.1) is 11.8 Å². The molecule has 6 heteroatoms. The molecule has 0 aromatic heterocycles. The van der Waals surface area contributed by atoms with Crippen LogP contribution in [0.25, 0.3) is 0 Å². The molecule has 1 aliphatic carbocycles. The van der Waals surface area contributed by atoms with E-state index in [1.54, 1.807) is 18.2 Å². The van der Waals surface area contributed by atoms with E-state index >= 15 is 0 Å². The number of likely N-dealkylation sites (tertiary alicyclic amines) is 1. The van der Waals surface area contributed by atoms with Gasteiger partial charge in [0.25, 0.3) is 0 Å². The van der Waals surface area contributed by atoms with Crippen molar-refractivity contribution in [2.45, 2.75) is 32.2 Å². The van der Waals surface area contributed by atoms with E-state index in [1.165, 1.54) is 19.4 Å². The Hall–Kier alpha value is -0.810. The van der Waals surface area contributed by atoms with Crippen LogP contribution in [0.5, 0.6) is 0 Å². The zero-order chi connectivity index (χ0) is 18.0. The molecule has 3 rings (SSSR count). The Balaban J connectivity index is 1.48. The normalized spacial score (nSPS) is 22.4. The predicted molar refractivity (Wildman–Crippen MR) is 104 cm³/mol. The molecule has 138 valence electrons. The van der Waals surface area contributed by atoms with Crippen molar-refractivity contribution in [3.05, 3.63) is 28.2 Å². The van der Waals surface area contributed by atoms with E-state index in [0.29, 0.717) is 21.7 Å². The molecular weight excluding hydrogens is 357 g/mol. The van der Waals surface area contributed by atoms with Crippen LogP contribution < -0.4 is 5.32 Å². The lowest BCUT2D eigenvalue weighted by Crippen LogP contribution is -2.41. The Morgan fingerprint density at radius 1 is 1.28 bits per heavy atom. The van der Waals surface area contributed by atoms with E-state index in [4.69, 9.17) is 23.2 Å². The van der Waals surface area contributed by atoms with Gasteiger partial charge >= 0.3 is 0 Å². The van der Waals surface area contributed by atoms with Gasteiger partial charge in [-0.25, -0.2) is 0 Å². The van der Waals surface area contributed by atoms with Gasteiger partial charge in [0.15, 0.2) is 0 Å². The van der Waals surface area contributed by atoms with Crippen molar-refractivity contribution in [3.63, 3.8) is 0 Å². The average molecular weight is 384 g/mol. The smallest absolute Gasteiger partial charge is 0.241 e. The lowest BCUT2D eigenvalue weighted by Gasteiger charge is -2.25. The number of carbonyl (C=O) groups is 1. The minimum Gasteiger partial charge on any atom is -0.323 e. The Bertz CT molecular complexity index is 621. The van der Waals surface area contributed by atoms with Crippen molar-refractivity contribution in [1.82, 2.24) is 9.80 Å². The van der Waals surface area contributed by atoms with E-state index in [1.807, 2.05) is 6.92 Å². The van der Waals surface area contributed by atoms with Gasteiger partial charge in [0.2, 0.25) is 5.91 Å². The molecule has 1 aliphatic heterocycles. The summed E-state index contributed by atoms with van der Waals surface area (Å²) in [5.74, 6) is 1.56. The third-order valence-electron chi connectivity index (χ3n) is 5.27. The van der Waals surface area contributed by atoms with Gasteiger partial charge in [-0.05, 0) is 69.8 Å². The summed E-state index contributed by atoms with van der Waals surface area (Å²) in [6.45, 7) is 6.28. The van der Waals surface area contributed by atoms with Gasteiger partial charge in [0.1, 0.15) is 0 Å². The quantitative estimate of drug-likeness (QED) is 0.772. The van der Waals surface area contributed by atoms with Crippen molar-refractivity contribution < 1.29 is 4.79 Å². The molecule has 1 saturated heterocycles. The van der Waals surface area contributed by atoms with Crippen molar-refractivity contribution in [2.24, 2.45) is 11.8 Å². The van der Waals surface area contributed by atoms with Crippen molar-refractivity contribution in [1.29, 1.82) is 0 Å². The molecule has 0 unspecified atom stereocenters. The predicted octanol–water partition coefficient (Wildman–Crippen LogP) is 3.98. The summed E-state index contributed by atoms with van der Waals surface area (Å²) in [6, 6.07) is 4.96. The number of rotatable bonds is 7. The molecule has 4 nitrogen and oxygen atoms in total. The number of anilines is 1. The molecule has 1 saturated carbocycles. The molecule has 1 heterocycles. The first-order chi connectivity index (χ1) is 11.9. The molecule has 0 bridgehead atoms. The molecule has 2 atom stereocenters. The fourth-order valence-corrected chi connectivity index (χ4v) is 4.07. The van der Waals surface area contributed by atoms with Crippen LogP contribution in [-0.4, -0.2) is 55.0 Å². The van der Waals surface area contributed by atoms with E-state index in [-0.39, 0.29) is 11.9 Å². The first-order valence-corrected chi connectivity index (χ1v) is 9.86. The van der Waals surface area contributed by atoms with E-state index < -0.39 is 0 Å². The third kappa shape index (κ3) is 5.33. The number of nitrogens with one attached hydrogen (secondary N) is 1. The minimum absolute atomic E-state index is 0.0174. The van der Waals surface area contributed by atoms with Crippen molar-refractivity contribution in [3.8, 4) is 0 Å². The Kier molecular flexibility index (Phi) is 6.26. The molecule has 1 N–H and O–H groups in total. The number of hydrogen-bond acceptors (Lipinski definition) is 3. The highest BCUT2D eigenvalue weighted by Crippen LogP contribution is 2.30. The van der Waals surface area contributed by atoms with Gasteiger partial charge in [-0.1, -0.05) is 23.2 Å². The first-order valence-electron chi connectivity index (χ1n) is 9.11. The summed E-state index contributed by atoms with van der Waals surface area (Å²) in [4.78, 5) is 17.3. The minimum atomic E-state index is -0.162. The van der Waals surface area contributed by atoms with Gasteiger partial charge in [-0.15, -0.1) is 0 Å². The topological polar surface area (TPSA) is 35.6 Å². The summed E-state index contributed by atoms with van der Waals surface area (Å²) >= 11 is 12.0. The van der Waals surface area contributed by atoms with Crippen LogP contribution in [0.3, 0.4) is 0 Å². The number of hydrogen-bond donors (Lipinski definition) is 1. The van der Waals surface area contributed by atoms with E-state index in [9.17, 15) is 4.79 Å². The SMILES string of the molecule is C[C@@H](C(=O)Nc1ccc(Cl)cc1Cl)N1CC[C@H](CN(C)CC2CC2)C1. The maximum atomic E-state index is 12.6. The van der Waals surface area contributed by atoms with Gasteiger partial charge in [0, 0.05) is 24.7 Å². The van der Waals surface area contributed by atoms with Gasteiger partial charge in [-0.2, -0.15) is 0 Å². The highest BCUT2D eigenvalue weighted by molar-refractivity contribution is 6.36. The van der Waals surface area contributed by atoms with Crippen LogP contribution >= 0.6 is 23.2 Å². The Morgan fingerprint density at radius 2 is 2.00 bits per heavy atom. The van der Waals surface area contributed by atoms with E-state index in [0.717, 1.165) is 32.0 Å². The zero-order valence-corrected chi connectivity index (χ0v) is 16.5. The number of benzene rings is 1. The van der Waals surface area contributed by atoms with Crippen LogP contribution in [0.1, 0.15) is 26.2 Å². The summed E-state index contributed by atoms with van der Waals surface area (Å²) in [7, 11) is 2.22. The van der Waals surface area contributed by atoms with Crippen LogP contribution in [0.2, 0.25) is 10.0 Å². The molecule has 1 amide bonds. The number of carbonyl (C=O) groups excluding carboxylic acids is 1. The highest BCUT2D eigenvalue weighted by Gasteiger charge is 2.31. The molecule has 2 aliphatic rings. The zero-order valence-electron chi connectivity index (χ0n) is 15.0. The van der Waals surface area contributed by atoms with Gasteiger partial charge in [0.05, 0.1) is 16.8 Å². The maximum Gasteiger partial charge on any atom is 0.241 e. The lowest BCUT2D eigenvalue weighted by molar-refractivity contribution is -0.120. The van der Waals surface area contributed by atoms with Crippen LogP contribution in [-0.2, 0) is 4.79 Å². The molecule has 0 radical (unpaired) electrons. The summed E-state index contributed by atoms with van der Waals surface area (Å²) in [5, 5.41) is 3.95. The number of nitrogens with zero attached hydrogens (tertiary/aromatic N) is 2. The van der Waals surface area contributed by atoms with Gasteiger partial charge in [-0.3, -0.25) is 9.69 Å². The molecule has 25 heavy (non-hydrogen) atoms. The van der Waals surface area contributed by atoms with Crippen molar-refractivity contribution >= 4 is 34.8 Å². The summed E-state index contributed by atoms with van der Waals surface area (Å²) in [5.41, 5.74) is 0.614. The number of amides is 1. The fraction of sp³-hybridized carbons (Fsp3) is 0.632. The second-order valence-corrected chi connectivity index (χ2v) is 8.45. The van der Waals surface area contributed by atoms with Gasteiger partial charge < -0.3 is 10.2 Å². The highest BCUT2D eigenvalue weighted by atomic mass is 35.5. The second-order valence-electron chi connectivity index (χ2n) is 7.60. The number of halogens is 2. The molecule has 1 aromatic rings. The largest absolute Gasteiger partial charge is 0.323 e. The second kappa shape index (κ2) is 8.26. The molecule has 2 fully saturated rings. The molecule has 0 spiro atoms. The molecular formula is C19H27Cl2N3O. The van der Waals surface area contributed by atoms with E-state index in [2.05, 4.69) is 22.2 Å². The van der Waals surface area contributed by atoms with Crippen LogP contribution in [0.4, 0.5) is 5.69 Å². The average Bonchev–Trinajstić information content (AvgIpc) is 3.24. The fourth-order valence-electron chi connectivity index (χ4n) is 3.61. The lowest BCUT2D eigenvalue weighted by atomic mass is 10.1. The summed E-state index contributed by atoms with van der Waals surface area (Å²) in [6.07, 6.45) is 3.95. The maximum absolute atomic E-state index is 12.6. The Morgan fingerprint density at radius 3 is 2.68 bits per heavy atom. The summed E-state index contributed by atoms with van der Waals surface area (Å²) < 4.78 is 0.